The van der Waals surface area contributed by atoms with E-state index in [1.807, 2.05) is 45.2 Å². The van der Waals surface area contributed by atoms with Crippen LogP contribution in [0, 0.1) is 11.7 Å². The van der Waals surface area contributed by atoms with Gasteiger partial charge in [-0.1, -0.05) is 50.2 Å². The van der Waals surface area contributed by atoms with E-state index in [-0.39, 0.29) is 29.8 Å². The number of nitrogens with one attached hydrogen (secondary N) is 3. The lowest BCUT2D eigenvalue weighted by Crippen LogP contribution is -2.49. The van der Waals surface area contributed by atoms with Crippen LogP contribution >= 0.6 is 0 Å². The van der Waals surface area contributed by atoms with Crippen molar-refractivity contribution in [2.75, 3.05) is 67.1 Å². The number of amides is 4. The van der Waals surface area contributed by atoms with Crippen molar-refractivity contribution in [2.45, 2.75) is 58.4 Å². The molecule has 3 aliphatic rings. The van der Waals surface area contributed by atoms with Gasteiger partial charge in [-0.05, 0) is 85.8 Å². The molecule has 0 aliphatic carbocycles. The average Bonchev–Trinajstić information content (AvgIpc) is 3.98. The van der Waals surface area contributed by atoms with Gasteiger partial charge in [0.25, 0.3) is 0 Å². The fraction of sp³-hybridized carbons (Fsp3) is 0.383. The van der Waals surface area contributed by atoms with E-state index < -0.39 is 11.7 Å². The number of aromatic amines is 1. The number of imide groups is 1. The molecule has 3 N–H and O–H groups in total. The Morgan fingerprint density at radius 1 is 0.841 bits per heavy atom. The van der Waals surface area contributed by atoms with Crippen molar-refractivity contribution >= 4 is 45.9 Å². The molecule has 3 aliphatic heterocycles. The van der Waals surface area contributed by atoms with Gasteiger partial charge in [0.15, 0.2) is 11.5 Å². The summed E-state index contributed by atoms with van der Waals surface area (Å²) in [6.45, 7) is 13.3. The third-order valence-corrected chi connectivity index (χ3v) is 12.5. The van der Waals surface area contributed by atoms with Gasteiger partial charge < -0.3 is 19.6 Å². The van der Waals surface area contributed by atoms with Crippen LogP contribution in [0.4, 0.5) is 26.2 Å². The number of aromatic nitrogens is 5. The first-order chi connectivity index (χ1) is 30.4. The summed E-state index contributed by atoms with van der Waals surface area (Å²) < 4.78 is 20.5. The largest absolute Gasteiger partial charge is 0.372 e. The first-order valence-electron chi connectivity index (χ1n) is 21.7. The molecule has 15 nitrogen and oxygen atoms in total. The third-order valence-electron chi connectivity index (χ3n) is 12.5. The Bertz CT molecular complexity index is 2600. The number of hydrogen-bond donors (Lipinski definition) is 3. The Morgan fingerprint density at radius 2 is 1.52 bits per heavy atom. The maximum absolute atomic E-state index is 15.4. The highest BCUT2D eigenvalue weighted by molar-refractivity contribution is 6.05. The van der Waals surface area contributed by atoms with E-state index in [2.05, 4.69) is 87.1 Å². The lowest BCUT2D eigenvalue weighted by Gasteiger charge is -2.38. The van der Waals surface area contributed by atoms with E-state index >= 15 is 4.39 Å². The number of piperidine rings is 1. The van der Waals surface area contributed by atoms with Gasteiger partial charge in [0.05, 0.1) is 0 Å². The van der Waals surface area contributed by atoms with Gasteiger partial charge in [0.1, 0.15) is 11.5 Å². The van der Waals surface area contributed by atoms with Crippen molar-refractivity contribution in [3.05, 3.63) is 102 Å². The van der Waals surface area contributed by atoms with Gasteiger partial charge in [0, 0.05) is 110 Å². The van der Waals surface area contributed by atoms with E-state index in [0.29, 0.717) is 47.2 Å². The van der Waals surface area contributed by atoms with Crippen molar-refractivity contribution in [1.82, 2.24) is 40.9 Å². The van der Waals surface area contributed by atoms with Crippen molar-refractivity contribution in [3.8, 4) is 22.4 Å². The third kappa shape index (κ3) is 9.26. The summed E-state index contributed by atoms with van der Waals surface area (Å²) in [6, 6.07) is 23.2. The van der Waals surface area contributed by atoms with Crippen LogP contribution in [-0.2, 0) is 16.8 Å². The highest BCUT2D eigenvalue weighted by Gasteiger charge is 2.27. The second-order valence-corrected chi connectivity index (χ2v) is 17.7. The molecule has 63 heavy (non-hydrogen) atoms. The first-order valence-corrected chi connectivity index (χ1v) is 21.7. The standard InChI is InChI=1S/C47H52FN11O4/c1-47(2,3)45-52-44(63-55-45)43(61)50-28-33-5-4-32(27-39(33)48)41-38-26-34(29-49-42(38)54-53-41)31-6-8-35(9-7-31)58-24-22-56(23-25-58)18-14-30-15-19-57(20-16-30)36-10-12-37(13-11-36)59-21-17-40(60)51-46(59)62/h4-13,26-27,29-30H,14-25,28H2,1-3H3,(H,50,61)(H,49,53,54)(H,51,60,62). The second-order valence-electron chi connectivity index (χ2n) is 17.7. The summed E-state index contributed by atoms with van der Waals surface area (Å²) in [5, 5.41) is 17.2. The number of H-pyrrole nitrogens is 1. The fourth-order valence-corrected chi connectivity index (χ4v) is 8.58. The number of piperazine rings is 1. The van der Waals surface area contributed by atoms with Crippen LogP contribution in [0.1, 0.15) is 68.5 Å². The van der Waals surface area contributed by atoms with E-state index in [9.17, 15) is 14.4 Å². The van der Waals surface area contributed by atoms with Gasteiger partial charge in [0.2, 0.25) is 5.91 Å². The molecule has 0 bridgehead atoms. The summed E-state index contributed by atoms with van der Waals surface area (Å²) in [6.07, 6.45) is 5.70. The molecule has 4 amide bonds. The Hall–Kier alpha value is -6.68. The van der Waals surface area contributed by atoms with E-state index in [1.165, 1.54) is 36.7 Å². The van der Waals surface area contributed by atoms with Crippen molar-refractivity contribution in [1.29, 1.82) is 0 Å². The molecule has 6 heterocycles. The Labute approximate surface area is 365 Å². The molecule has 0 saturated carbocycles. The molecule has 0 unspecified atom stereocenters. The zero-order chi connectivity index (χ0) is 43.7. The second kappa shape index (κ2) is 17.6. The van der Waals surface area contributed by atoms with Crippen LogP contribution in [0.25, 0.3) is 33.4 Å². The predicted molar refractivity (Wildman–Crippen MR) is 239 cm³/mol. The number of pyridine rings is 1. The topological polar surface area (TPSA) is 169 Å². The summed E-state index contributed by atoms with van der Waals surface area (Å²) >= 11 is 0. The molecule has 0 spiro atoms. The molecule has 0 atom stereocenters. The van der Waals surface area contributed by atoms with Gasteiger partial charge in [-0.25, -0.2) is 14.2 Å². The van der Waals surface area contributed by atoms with Crippen LogP contribution in [0.2, 0.25) is 0 Å². The van der Waals surface area contributed by atoms with Crippen LogP contribution < -0.4 is 25.3 Å². The van der Waals surface area contributed by atoms with E-state index in [1.54, 1.807) is 17.0 Å². The number of hydrogen-bond acceptors (Lipinski definition) is 11. The molecule has 9 rings (SSSR count). The van der Waals surface area contributed by atoms with Crippen molar-refractivity contribution in [2.24, 2.45) is 5.92 Å². The molecule has 3 saturated heterocycles. The molecule has 326 valence electrons. The fourth-order valence-electron chi connectivity index (χ4n) is 8.58. The minimum atomic E-state index is -0.570. The number of rotatable bonds is 11. The lowest BCUT2D eigenvalue weighted by atomic mass is 9.93. The minimum absolute atomic E-state index is 0.0486. The Morgan fingerprint density at radius 3 is 2.21 bits per heavy atom. The number of anilines is 3. The highest BCUT2D eigenvalue weighted by atomic mass is 19.1. The Balaban J connectivity index is 0.741. The van der Waals surface area contributed by atoms with Gasteiger partial charge in [-0.2, -0.15) is 10.1 Å². The number of benzene rings is 3. The predicted octanol–water partition coefficient (Wildman–Crippen LogP) is 6.92. The maximum Gasteiger partial charge on any atom is 0.328 e. The van der Waals surface area contributed by atoms with Crippen LogP contribution in [0.5, 0.6) is 0 Å². The van der Waals surface area contributed by atoms with Crippen molar-refractivity contribution < 1.29 is 23.3 Å². The maximum atomic E-state index is 15.4. The average molecular weight is 854 g/mol. The van der Waals surface area contributed by atoms with E-state index in [0.717, 1.165) is 68.0 Å². The van der Waals surface area contributed by atoms with Crippen molar-refractivity contribution in [3.63, 3.8) is 0 Å². The molecule has 3 aromatic carbocycles. The molecular formula is C47H52FN11O4. The molecular weight excluding hydrogens is 802 g/mol. The number of carbonyl (C=O) groups is 3. The zero-order valence-electron chi connectivity index (χ0n) is 35.9. The number of urea groups is 1. The summed E-state index contributed by atoms with van der Waals surface area (Å²) in [4.78, 5) is 54.3. The molecule has 3 fully saturated rings. The zero-order valence-corrected chi connectivity index (χ0v) is 35.9. The smallest absolute Gasteiger partial charge is 0.328 e. The SMILES string of the molecule is CC(C)(C)c1noc(C(=O)NCc2ccc(-c3n[nH]c4ncc(-c5ccc(N6CCN(CCC7CCN(c8ccc(N9CCC(=O)NC9=O)cc8)CC7)CC6)cc5)cc34)cc2F)n1. The van der Waals surface area contributed by atoms with E-state index in [4.69, 9.17) is 4.52 Å². The monoisotopic (exact) mass is 853 g/mol. The molecule has 6 aromatic rings. The summed E-state index contributed by atoms with van der Waals surface area (Å²) in [5.41, 5.74) is 6.87. The molecule has 3 aromatic heterocycles. The molecule has 16 heteroatoms. The minimum Gasteiger partial charge on any atom is -0.372 e. The van der Waals surface area contributed by atoms with Crippen LogP contribution in [0.15, 0.2) is 83.5 Å². The van der Waals surface area contributed by atoms with Gasteiger partial charge in [-0.15, -0.1) is 0 Å². The summed E-state index contributed by atoms with van der Waals surface area (Å²) in [5.74, 6) is -0.299. The number of nitrogens with zero attached hydrogens (tertiary/aromatic N) is 8. The summed E-state index contributed by atoms with van der Waals surface area (Å²) in [7, 11) is 0. The van der Waals surface area contributed by atoms with Gasteiger partial charge in [-0.3, -0.25) is 29.8 Å². The lowest BCUT2D eigenvalue weighted by molar-refractivity contribution is -0.120. The normalized spacial score (nSPS) is 16.8. The Kier molecular flexibility index (Phi) is 11.6. The first kappa shape index (κ1) is 41.7. The number of carbonyl (C=O) groups excluding carboxylic acids is 3. The van der Waals surface area contributed by atoms with Gasteiger partial charge >= 0.3 is 17.8 Å². The molecule has 0 radical (unpaired) electrons. The van der Waals surface area contributed by atoms with Crippen LogP contribution in [-0.4, -0.2) is 100 Å². The number of fused-ring (bicyclic) bond motifs is 1. The number of halogens is 1. The quantitative estimate of drug-likeness (QED) is 0.124. The van der Waals surface area contributed by atoms with Crippen LogP contribution in [0.3, 0.4) is 0 Å². The highest BCUT2D eigenvalue weighted by Crippen LogP contribution is 2.32.